The zero-order valence-electron chi connectivity index (χ0n) is 13.3. The third-order valence-corrected chi connectivity index (χ3v) is 3.88. The van der Waals surface area contributed by atoms with Crippen LogP contribution >= 0.6 is 11.6 Å². The summed E-state index contributed by atoms with van der Waals surface area (Å²) in [5, 5.41) is 15.2. The minimum atomic E-state index is -0.553. The SMILES string of the molecule is CCCn1cc(-n2cc(-c3ncc([N+](=O)[O-])cc3Cl)cn2)ccc1=O. The topological polar surface area (TPSA) is 95.8 Å². The van der Waals surface area contributed by atoms with Crippen molar-refractivity contribution < 1.29 is 4.92 Å². The minimum absolute atomic E-state index is 0.0712. The van der Waals surface area contributed by atoms with E-state index in [1.54, 1.807) is 33.9 Å². The van der Waals surface area contributed by atoms with Gasteiger partial charge in [0, 0.05) is 36.6 Å². The number of halogens is 1. The standard InChI is InChI=1S/C16H14ClN5O3/c1-2-5-20-10-12(3-4-15(20)23)21-9-11(7-19-21)16-14(17)6-13(8-18-16)22(24)25/h3-4,6-10H,2,5H2,1H3. The lowest BCUT2D eigenvalue weighted by Gasteiger charge is -2.06. The fourth-order valence-electron chi connectivity index (χ4n) is 2.40. The molecule has 0 fully saturated rings. The van der Waals surface area contributed by atoms with Gasteiger partial charge in [0.15, 0.2) is 0 Å². The zero-order chi connectivity index (χ0) is 18.0. The van der Waals surface area contributed by atoms with Crippen molar-refractivity contribution in [2.45, 2.75) is 19.9 Å². The number of aryl methyl sites for hydroxylation is 1. The third kappa shape index (κ3) is 3.43. The molecule has 0 N–H and O–H groups in total. The molecule has 0 aliphatic rings. The molecule has 0 aliphatic heterocycles. The fourth-order valence-corrected chi connectivity index (χ4v) is 2.67. The van der Waals surface area contributed by atoms with Gasteiger partial charge in [-0.05, 0) is 12.5 Å². The Morgan fingerprint density at radius 1 is 1.28 bits per heavy atom. The lowest BCUT2D eigenvalue weighted by molar-refractivity contribution is -0.385. The lowest BCUT2D eigenvalue weighted by Crippen LogP contribution is -2.19. The molecule has 0 aliphatic carbocycles. The summed E-state index contributed by atoms with van der Waals surface area (Å²) in [6.45, 7) is 2.62. The Morgan fingerprint density at radius 3 is 2.76 bits per heavy atom. The second kappa shape index (κ2) is 6.86. The summed E-state index contributed by atoms with van der Waals surface area (Å²) < 4.78 is 3.22. The first-order valence-electron chi connectivity index (χ1n) is 7.55. The van der Waals surface area contributed by atoms with E-state index in [2.05, 4.69) is 10.1 Å². The van der Waals surface area contributed by atoms with Gasteiger partial charge in [-0.15, -0.1) is 0 Å². The quantitative estimate of drug-likeness (QED) is 0.515. The van der Waals surface area contributed by atoms with E-state index in [0.717, 1.165) is 18.3 Å². The van der Waals surface area contributed by atoms with E-state index in [-0.39, 0.29) is 16.3 Å². The van der Waals surface area contributed by atoms with Crippen molar-refractivity contribution in [1.29, 1.82) is 0 Å². The van der Waals surface area contributed by atoms with E-state index >= 15 is 0 Å². The molecule has 3 aromatic heterocycles. The molecule has 0 radical (unpaired) electrons. The predicted octanol–water partition coefficient (Wildman–Crippen LogP) is 3.07. The largest absolute Gasteiger partial charge is 0.313 e. The second-order valence-corrected chi connectivity index (χ2v) is 5.78. The van der Waals surface area contributed by atoms with Crippen molar-refractivity contribution >= 4 is 17.3 Å². The Morgan fingerprint density at radius 2 is 2.08 bits per heavy atom. The number of rotatable bonds is 5. The Hall–Kier alpha value is -3.00. The van der Waals surface area contributed by atoms with Crippen LogP contribution in [0, 0.1) is 10.1 Å². The fraction of sp³-hybridized carbons (Fsp3) is 0.188. The maximum atomic E-state index is 11.8. The summed E-state index contributed by atoms with van der Waals surface area (Å²) in [5.41, 5.74) is 1.50. The van der Waals surface area contributed by atoms with Crippen LogP contribution in [0.1, 0.15) is 13.3 Å². The van der Waals surface area contributed by atoms with Gasteiger partial charge < -0.3 is 4.57 Å². The van der Waals surface area contributed by atoms with E-state index in [0.29, 0.717) is 17.8 Å². The van der Waals surface area contributed by atoms with Crippen LogP contribution in [-0.2, 0) is 6.54 Å². The Labute approximate surface area is 147 Å². The molecule has 8 nitrogen and oxygen atoms in total. The average molecular weight is 360 g/mol. The summed E-state index contributed by atoms with van der Waals surface area (Å²) in [5.74, 6) is 0. The van der Waals surface area contributed by atoms with E-state index in [1.165, 1.54) is 12.1 Å². The number of nitrogens with zero attached hydrogens (tertiary/aromatic N) is 5. The molecule has 0 bridgehead atoms. The molecule has 0 unspecified atom stereocenters. The van der Waals surface area contributed by atoms with Gasteiger partial charge >= 0.3 is 0 Å². The highest BCUT2D eigenvalue weighted by atomic mass is 35.5. The van der Waals surface area contributed by atoms with E-state index < -0.39 is 4.92 Å². The Bertz CT molecular complexity index is 995. The van der Waals surface area contributed by atoms with Crippen LogP contribution in [0.5, 0.6) is 0 Å². The van der Waals surface area contributed by atoms with Gasteiger partial charge in [0.25, 0.3) is 11.2 Å². The number of hydrogen-bond acceptors (Lipinski definition) is 5. The summed E-state index contributed by atoms with van der Waals surface area (Å²) in [6, 6.07) is 4.42. The minimum Gasteiger partial charge on any atom is -0.313 e. The molecule has 0 saturated carbocycles. The Balaban J connectivity index is 1.97. The normalized spacial score (nSPS) is 10.8. The van der Waals surface area contributed by atoms with E-state index in [9.17, 15) is 14.9 Å². The first-order valence-corrected chi connectivity index (χ1v) is 7.93. The van der Waals surface area contributed by atoms with Gasteiger partial charge in [-0.1, -0.05) is 18.5 Å². The lowest BCUT2D eigenvalue weighted by atomic mass is 10.2. The highest BCUT2D eigenvalue weighted by Gasteiger charge is 2.14. The van der Waals surface area contributed by atoms with Crippen LogP contribution in [0.3, 0.4) is 0 Å². The maximum Gasteiger partial charge on any atom is 0.289 e. The zero-order valence-corrected chi connectivity index (χ0v) is 14.1. The first kappa shape index (κ1) is 16.8. The average Bonchev–Trinajstić information content (AvgIpc) is 3.06. The van der Waals surface area contributed by atoms with Gasteiger partial charge in [0.1, 0.15) is 6.20 Å². The summed E-state index contributed by atoms with van der Waals surface area (Å²) in [4.78, 5) is 26.1. The van der Waals surface area contributed by atoms with Crippen LogP contribution in [0.2, 0.25) is 5.02 Å². The highest BCUT2D eigenvalue weighted by Crippen LogP contribution is 2.28. The molecule has 25 heavy (non-hydrogen) atoms. The second-order valence-electron chi connectivity index (χ2n) is 5.37. The molecular formula is C16H14ClN5O3. The molecular weight excluding hydrogens is 346 g/mol. The summed E-state index contributed by atoms with van der Waals surface area (Å²) >= 11 is 6.10. The van der Waals surface area contributed by atoms with Gasteiger partial charge in [-0.3, -0.25) is 14.9 Å². The van der Waals surface area contributed by atoms with Gasteiger partial charge in [-0.2, -0.15) is 5.10 Å². The molecule has 0 atom stereocenters. The van der Waals surface area contributed by atoms with Crippen LogP contribution in [-0.4, -0.2) is 24.3 Å². The van der Waals surface area contributed by atoms with Crippen LogP contribution < -0.4 is 5.56 Å². The van der Waals surface area contributed by atoms with Crippen molar-refractivity contribution in [3.05, 3.63) is 68.5 Å². The van der Waals surface area contributed by atoms with Crippen molar-refractivity contribution in [2.24, 2.45) is 0 Å². The van der Waals surface area contributed by atoms with Crippen molar-refractivity contribution in [3.63, 3.8) is 0 Å². The van der Waals surface area contributed by atoms with Crippen LogP contribution in [0.4, 0.5) is 5.69 Å². The van der Waals surface area contributed by atoms with Gasteiger partial charge in [0.2, 0.25) is 0 Å². The molecule has 9 heteroatoms. The molecule has 3 rings (SSSR count). The third-order valence-electron chi connectivity index (χ3n) is 3.59. The highest BCUT2D eigenvalue weighted by molar-refractivity contribution is 6.33. The predicted molar refractivity (Wildman–Crippen MR) is 93.0 cm³/mol. The monoisotopic (exact) mass is 359 g/mol. The summed E-state index contributed by atoms with van der Waals surface area (Å²) in [7, 11) is 0. The van der Waals surface area contributed by atoms with Crippen molar-refractivity contribution in [3.8, 4) is 16.9 Å². The van der Waals surface area contributed by atoms with E-state index in [1.807, 2.05) is 6.92 Å². The van der Waals surface area contributed by atoms with Crippen LogP contribution in [0.15, 0.2) is 47.8 Å². The van der Waals surface area contributed by atoms with Crippen molar-refractivity contribution in [2.75, 3.05) is 0 Å². The first-order chi connectivity index (χ1) is 12.0. The number of pyridine rings is 2. The molecule has 0 amide bonds. The van der Waals surface area contributed by atoms with Crippen LogP contribution in [0.25, 0.3) is 16.9 Å². The van der Waals surface area contributed by atoms with E-state index in [4.69, 9.17) is 11.6 Å². The molecule has 3 aromatic rings. The Kier molecular flexibility index (Phi) is 4.62. The molecule has 0 aromatic carbocycles. The summed E-state index contributed by atoms with van der Waals surface area (Å²) in [6.07, 6.45) is 7.00. The molecule has 128 valence electrons. The molecule has 3 heterocycles. The number of hydrogen-bond donors (Lipinski definition) is 0. The number of aromatic nitrogens is 4. The maximum absolute atomic E-state index is 11.8. The number of nitro groups is 1. The van der Waals surface area contributed by atoms with Crippen molar-refractivity contribution in [1.82, 2.24) is 19.3 Å². The molecule has 0 spiro atoms. The van der Waals surface area contributed by atoms with Gasteiger partial charge in [-0.25, -0.2) is 9.67 Å². The molecule has 0 saturated heterocycles. The smallest absolute Gasteiger partial charge is 0.289 e. The van der Waals surface area contributed by atoms with Gasteiger partial charge in [0.05, 0.1) is 27.5 Å².